The molecule has 0 saturated carbocycles. The summed E-state index contributed by atoms with van der Waals surface area (Å²) < 4.78 is 30.1. The summed E-state index contributed by atoms with van der Waals surface area (Å²) in [5, 5.41) is 6.84. The van der Waals surface area contributed by atoms with Gasteiger partial charge in [0.25, 0.3) is 5.91 Å². The fraction of sp³-hybridized carbons (Fsp3) is 0.0625. The Morgan fingerprint density at radius 1 is 1.17 bits per heavy atom. The molecule has 0 atom stereocenters. The molecule has 3 aromatic rings. The van der Waals surface area contributed by atoms with Crippen LogP contribution < -0.4 is 10.1 Å². The number of hydrogen-bond acceptors (Lipinski definition) is 4. The van der Waals surface area contributed by atoms with Crippen LogP contribution in [0.5, 0.6) is 5.75 Å². The number of aromatic nitrogens is 3. The van der Waals surface area contributed by atoms with Gasteiger partial charge in [0.2, 0.25) is 0 Å². The van der Waals surface area contributed by atoms with Gasteiger partial charge in [0.1, 0.15) is 5.75 Å². The average molecular weight is 330 g/mol. The fourth-order valence-electron chi connectivity index (χ4n) is 2.08. The third-order valence-electron chi connectivity index (χ3n) is 3.14. The molecular weight excluding hydrogens is 318 g/mol. The Morgan fingerprint density at radius 3 is 2.62 bits per heavy atom. The maximum Gasteiger partial charge on any atom is 0.387 e. The van der Waals surface area contributed by atoms with E-state index in [-0.39, 0.29) is 5.75 Å². The fourth-order valence-corrected chi connectivity index (χ4v) is 2.08. The smallest absolute Gasteiger partial charge is 0.387 e. The summed E-state index contributed by atoms with van der Waals surface area (Å²) in [4.78, 5) is 16.3. The second-order valence-corrected chi connectivity index (χ2v) is 4.70. The van der Waals surface area contributed by atoms with Crippen molar-refractivity contribution in [2.45, 2.75) is 6.61 Å². The van der Waals surface area contributed by atoms with Gasteiger partial charge in [-0.3, -0.25) is 9.78 Å². The Bertz CT molecular complexity index is 820. The number of amides is 1. The Morgan fingerprint density at radius 2 is 1.96 bits per heavy atom. The Balaban J connectivity index is 1.78. The lowest BCUT2D eigenvalue weighted by Gasteiger charge is -2.11. The number of hydrogen-bond donors (Lipinski definition) is 1. The predicted octanol–water partition coefficient (Wildman–Crippen LogP) is 3.12. The first-order valence-electron chi connectivity index (χ1n) is 6.94. The van der Waals surface area contributed by atoms with Crippen molar-refractivity contribution in [2.75, 3.05) is 5.32 Å². The number of alkyl halides is 2. The first kappa shape index (κ1) is 15.6. The Hall–Kier alpha value is -3.29. The molecule has 0 saturated heterocycles. The minimum atomic E-state index is -2.91. The molecule has 2 aromatic heterocycles. The number of halogens is 2. The number of benzene rings is 1. The predicted molar refractivity (Wildman–Crippen MR) is 82.4 cm³/mol. The van der Waals surface area contributed by atoms with Gasteiger partial charge in [0, 0.05) is 24.2 Å². The van der Waals surface area contributed by atoms with Crippen molar-refractivity contribution in [1.82, 2.24) is 14.8 Å². The lowest BCUT2D eigenvalue weighted by atomic mass is 10.2. The second kappa shape index (κ2) is 6.86. The maximum absolute atomic E-state index is 12.3. The van der Waals surface area contributed by atoms with E-state index in [1.54, 1.807) is 35.4 Å². The molecule has 122 valence electrons. The molecule has 0 radical (unpaired) electrons. The highest BCUT2D eigenvalue weighted by Gasteiger charge is 2.11. The molecule has 0 unspecified atom stereocenters. The van der Waals surface area contributed by atoms with Crippen molar-refractivity contribution in [3.05, 3.63) is 66.7 Å². The minimum absolute atomic E-state index is 0.0137. The zero-order chi connectivity index (χ0) is 16.9. The van der Waals surface area contributed by atoms with Crippen LogP contribution in [-0.2, 0) is 0 Å². The van der Waals surface area contributed by atoms with Gasteiger partial charge in [-0.2, -0.15) is 13.9 Å². The van der Waals surface area contributed by atoms with Crippen LogP contribution in [0.25, 0.3) is 5.69 Å². The van der Waals surface area contributed by atoms with Gasteiger partial charge in [-0.1, -0.05) is 0 Å². The number of pyridine rings is 1. The van der Waals surface area contributed by atoms with Gasteiger partial charge in [-0.25, -0.2) is 4.68 Å². The van der Waals surface area contributed by atoms with Crippen LogP contribution in [0, 0.1) is 0 Å². The summed E-state index contributed by atoms with van der Waals surface area (Å²) in [6.07, 6.45) is 6.45. The van der Waals surface area contributed by atoms with Crippen LogP contribution in [0.2, 0.25) is 0 Å². The summed E-state index contributed by atoms with van der Waals surface area (Å²) in [7, 11) is 0. The summed E-state index contributed by atoms with van der Waals surface area (Å²) in [6, 6.07) is 8.88. The highest BCUT2D eigenvalue weighted by atomic mass is 19.3. The molecule has 1 aromatic carbocycles. The van der Waals surface area contributed by atoms with E-state index in [1.165, 1.54) is 30.5 Å². The molecule has 1 amide bonds. The van der Waals surface area contributed by atoms with Crippen LogP contribution in [0.15, 0.2) is 61.2 Å². The number of carbonyl (C=O) groups is 1. The Labute approximate surface area is 135 Å². The highest BCUT2D eigenvalue weighted by molar-refractivity contribution is 6.05. The van der Waals surface area contributed by atoms with Crippen molar-refractivity contribution in [3.8, 4) is 11.4 Å². The number of anilines is 1. The van der Waals surface area contributed by atoms with E-state index in [4.69, 9.17) is 0 Å². The molecule has 24 heavy (non-hydrogen) atoms. The molecule has 0 aliphatic rings. The second-order valence-electron chi connectivity index (χ2n) is 4.70. The summed E-state index contributed by atoms with van der Waals surface area (Å²) in [6.45, 7) is -2.91. The molecule has 0 bridgehead atoms. The van der Waals surface area contributed by atoms with Crippen molar-refractivity contribution >= 4 is 11.6 Å². The lowest BCUT2D eigenvalue weighted by Crippen LogP contribution is -2.14. The topological polar surface area (TPSA) is 69.0 Å². The molecule has 0 spiro atoms. The van der Waals surface area contributed by atoms with Gasteiger partial charge < -0.3 is 10.1 Å². The maximum atomic E-state index is 12.3. The van der Waals surface area contributed by atoms with E-state index in [1.807, 2.05) is 0 Å². The first-order valence-corrected chi connectivity index (χ1v) is 6.94. The number of nitrogens with zero attached hydrogens (tertiary/aromatic N) is 3. The normalized spacial score (nSPS) is 10.6. The van der Waals surface area contributed by atoms with Gasteiger partial charge in [0.15, 0.2) is 0 Å². The van der Waals surface area contributed by atoms with Gasteiger partial charge in [-0.15, -0.1) is 0 Å². The third kappa shape index (κ3) is 3.54. The molecular formula is C16H12F2N4O2. The van der Waals surface area contributed by atoms with Crippen molar-refractivity contribution in [3.63, 3.8) is 0 Å². The number of carbonyl (C=O) groups excluding carboxylic acids is 1. The molecule has 8 heteroatoms. The summed E-state index contributed by atoms with van der Waals surface area (Å²) in [5.41, 5.74) is 1.42. The molecule has 3 rings (SSSR count). The first-order chi connectivity index (χ1) is 11.6. The van der Waals surface area contributed by atoms with E-state index in [0.29, 0.717) is 16.9 Å². The number of rotatable bonds is 5. The van der Waals surface area contributed by atoms with Crippen LogP contribution >= 0.6 is 0 Å². The quantitative estimate of drug-likeness (QED) is 0.780. The van der Waals surface area contributed by atoms with Gasteiger partial charge in [-0.05, 0) is 36.4 Å². The summed E-state index contributed by atoms with van der Waals surface area (Å²) in [5.74, 6) is -0.417. The van der Waals surface area contributed by atoms with Crippen LogP contribution in [0.4, 0.5) is 14.5 Å². The zero-order valence-electron chi connectivity index (χ0n) is 12.3. The van der Waals surface area contributed by atoms with E-state index in [9.17, 15) is 13.6 Å². The summed E-state index contributed by atoms with van der Waals surface area (Å²) >= 11 is 0. The standard InChI is InChI=1S/C16H12F2N4O2/c17-16(18)24-12-4-2-11(3-5-12)15(23)21-13-10-19-8-6-14(13)22-9-1-7-20-22/h1-10,16H,(H,21,23). The highest BCUT2D eigenvalue weighted by Crippen LogP contribution is 2.20. The molecule has 2 heterocycles. The van der Waals surface area contributed by atoms with E-state index < -0.39 is 12.5 Å². The zero-order valence-corrected chi connectivity index (χ0v) is 12.3. The largest absolute Gasteiger partial charge is 0.435 e. The molecule has 1 N–H and O–H groups in total. The average Bonchev–Trinajstić information content (AvgIpc) is 3.10. The van der Waals surface area contributed by atoms with Gasteiger partial charge >= 0.3 is 6.61 Å². The lowest BCUT2D eigenvalue weighted by molar-refractivity contribution is -0.0498. The Kier molecular flexibility index (Phi) is 4.46. The molecule has 0 fully saturated rings. The van der Waals surface area contributed by atoms with Crippen molar-refractivity contribution < 1.29 is 18.3 Å². The third-order valence-corrected chi connectivity index (χ3v) is 3.14. The van der Waals surface area contributed by atoms with Crippen LogP contribution in [-0.4, -0.2) is 27.3 Å². The van der Waals surface area contributed by atoms with Gasteiger partial charge in [0.05, 0.1) is 17.6 Å². The van der Waals surface area contributed by atoms with Crippen LogP contribution in [0.3, 0.4) is 0 Å². The van der Waals surface area contributed by atoms with Crippen molar-refractivity contribution in [2.24, 2.45) is 0 Å². The monoisotopic (exact) mass is 330 g/mol. The van der Waals surface area contributed by atoms with Crippen molar-refractivity contribution in [1.29, 1.82) is 0 Å². The molecule has 0 aliphatic carbocycles. The molecule has 6 nitrogen and oxygen atoms in total. The van der Waals surface area contributed by atoms with E-state index in [0.717, 1.165) is 0 Å². The SMILES string of the molecule is O=C(Nc1cnccc1-n1cccn1)c1ccc(OC(F)F)cc1. The minimum Gasteiger partial charge on any atom is -0.435 e. The van der Waals surface area contributed by atoms with E-state index >= 15 is 0 Å². The number of ether oxygens (including phenoxy) is 1. The van der Waals surface area contributed by atoms with E-state index in [2.05, 4.69) is 20.1 Å². The van der Waals surface area contributed by atoms with Crippen LogP contribution in [0.1, 0.15) is 10.4 Å². The number of nitrogens with one attached hydrogen (secondary N) is 1. The molecule has 0 aliphatic heterocycles.